The highest BCUT2D eigenvalue weighted by Crippen LogP contribution is 2.59. The van der Waals surface area contributed by atoms with Crippen molar-refractivity contribution in [3.8, 4) is 0 Å². The van der Waals surface area contributed by atoms with Gasteiger partial charge in [-0.15, -0.1) is 12.4 Å². The van der Waals surface area contributed by atoms with Crippen molar-refractivity contribution in [2.24, 2.45) is 11.3 Å². The summed E-state index contributed by atoms with van der Waals surface area (Å²) < 4.78 is 0. The molecule has 0 aromatic heterocycles. The van der Waals surface area contributed by atoms with E-state index in [2.05, 4.69) is 47.8 Å². The van der Waals surface area contributed by atoms with Gasteiger partial charge in [-0.1, -0.05) is 42.5 Å². The average Bonchev–Trinajstić information content (AvgIpc) is 3.32. The van der Waals surface area contributed by atoms with E-state index >= 15 is 0 Å². The minimum atomic E-state index is 0. The predicted molar refractivity (Wildman–Crippen MR) is 105 cm³/mol. The summed E-state index contributed by atoms with van der Waals surface area (Å²) in [7, 11) is 1.97. The number of nitrogens with one attached hydrogen (secondary N) is 1. The lowest BCUT2D eigenvalue weighted by Gasteiger charge is -2.25. The number of carbonyl (C=O) groups is 1. The van der Waals surface area contributed by atoms with Gasteiger partial charge in [0.2, 0.25) is 5.91 Å². The number of likely N-dealkylation sites (N-methyl/N-ethyl adjacent to an activating group) is 1. The Morgan fingerprint density at radius 2 is 1.88 bits per heavy atom. The van der Waals surface area contributed by atoms with Gasteiger partial charge in [0.1, 0.15) is 0 Å². The Bertz CT molecular complexity index is 749. The van der Waals surface area contributed by atoms with Crippen LogP contribution in [-0.4, -0.2) is 37.5 Å². The predicted octanol–water partition coefficient (Wildman–Crippen LogP) is 3.65. The molecule has 1 heterocycles. The molecule has 1 spiro atoms. The van der Waals surface area contributed by atoms with E-state index < -0.39 is 0 Å². The van der Waals surface area contributed by atoms with E-state index in [4.69, 9.17) is 0 Å². The van der Waals surface area contributed by atoms with Crippen LogP contribution in [0.4, 0.5) is 0 Å². The Labute approximate surface area is 156 Å². The van der Waals surface area contributed by atoms with E-state index in [-0.39, 0.29) is 18.3 Å². The number of halogens is 1. The summed E-state index contributed by atoms with van der Waals surface area (Å²) in [5, 5.41) is 5.99. The Balaban J connectivity index is 0.00000182. The highest BCUT2D eigenvalue weighted by atomic mass is 35.5. The van der Waals surface area contributed by atoms with E-state index in [1.165, 1.54) is 29.2 Å². The summed E-state index contributed by atoms with van der Waals surface area (Å²) in [5.41, 5.74) is 1.66. The van der Waals surface area contributed by atoms with Gasteiger partial charge in [0.05, 0.1) is 0 Å². The average molecular weight is 359 g/mol. The number of amides is 1. The molecule has 1 N–H and O–H groups in total. The van der Waals surface area contributed by atoms with Crippen LogP contribution in [0.3, 0.4) is 0 Å². The fraction of sp³-hybridized carbons (Fsp3) is 0.476. The molecule has 134 valence electrons. The molecule has 3 nitrogen and oxygen atoms in total. The Morgan fingerprint density at radius 3 is 2.68 bits per heavy atom. The van der Waals surface area contributed by atoms with Gasteiger partial charge in [-0.2, -0.15) is 0 Å². The molecule has 2 fully saturated rings. The number of benzene rings is 2. The molecule has 1 atom stereocenters. The second-order valence-electron chi connectivity index (χ2n) is 7.52. The molecule has 2 aromatic carbocycles. The van der Waals surface area contributed by atoms with Gasteiger partial charge in [-0.25, -0.2) is 0 Å². The van der Waals surface area contributed by atoms with Crippen LogP contribution in [0.2, 0.25) is 0 Å². The number of hydrogen-bond acceptors (Lipinski definition) is 2. The van der Waals surface area contributed by atoms with E-state index in [9.17, 15) is 4.79 Å². The lowest BCUT2D eigenvalue weighted by molar-refractivity contribution is -0.132. The number of hydrogen-bond donors (Lipinski definition) is 1. The number of piperidine rings is 1. The molecule has 1 saturated carbocycles. The number of fused-ring (bicyclic) bond motifs is 1. The van der Waals surface area contributed by atoms with Crippen molar-refractivity contribution >= 4 is 29.1 Å². The molecule has 0 bridgehead atoms. The summed E-state index contributed by atoms with van der Waals surface area (Å²) in [6.07, 6.45) is 4.36. The molecule has 1 saturated heterocycles. The van der Waals surface area contributed by atoms with Gasteiger partial charge in [0.15, 0.2) is 0 Å². The first kappa shape index (κ1) is 18.2. The zero-order valence-corrected chi connectivity index (χ0v) is 15.6. The standard InChI is InChI=1S/C21H26N2O.ClH/c1-23(20(24)19-15-21(19)10-12-22-13-11-21)14-9-17-7-4-6-16-5-2-3-8-18(16)17;/h2-8,19,22H,9-15H2,1H3;1H. The summed E-state index contributed by atoms with van der Waals surface area (Å²) in [6, 6.07) is 14.9. The van der Waals surface area contributed by atoms with Gasteiger partial charge in [-0.3, -0.25) is 4.79 Å². The van der Waals surface area contributed by atoms with Crippen LogP contribution in [0.5, 0.6) is 0 Å². The molecular formula is C21H27ClN2O. The minimum absolute atomic E-state index is 0. The van der Waals surface area contributed by atoms with Crippen LogP contribution in [0, 0.1) is 11.3 Å². The van der Waals surface area contributed by atoms with Crippen molar-refractivity contribution in [3.63, 3.8) is 0 Å². The third-order valence-electron chi connectivity index (χ3n) is 6.06. The normalized spacial score (nSPS) is 20.9. The quantitative estimate of drug-likeness (QED) is 0.904. The molecule has 1 amide bonds. The molecule has 2 aromatic rings. The van der Waals surface area contributed by atoms with Crippen LogP contribution in [0.25, 0.3) is 10.8 Å². The second kappa shape index (κ2) is 7.35. The lowest BCUT2D eigenvalue weighted by Crippen LogP contribution is -2.35. The van der Waals surface area contributed by atoms with Gasteiger partial charge in [-0.05, 0) is 60.5 Å². The molecule has 1 aliphatic heterocycles. The number of nitrogens with zero attached hydrogens (tertiary/aromatic N) is 1. The summed E-state index contributed by atoms with van der Waals surface area (Å²) in [5.74, 6) is 0.634. The van der Waals surface area contributed by atoms with Gasteiger partial charge in [0.25, 0.3) is 0 Å². The maximum Gasteiger partial charge on any atom is 0.226 e. The zero-order chi connectivity index (χ0) is 16.6. The topological polar surface area (TPSA) is 32.3 Å². The monoisotopic (exact) mass is 358 g/mol. The number of rotatable bonds is 4. The smallest absolute Gasteiger partial charge is 0.226 e. The van der Waals surface area contributed by atoms with E-state index in [0.717, 1.165) is 32.5 Å². The summed E-state index contributed by atoms with van der Waals surface area (Å²) in [6.45, 7) is 2.95. The van der Waals surface area contributed by atoms with Crippen LogP contribution >= 0.6 is 12.4 Å². The Morgan fingerprint density at radius 1 is 1.16 bits per heavy atom. The highest BCUT2D eigenvalue weighted by Gasteiger charge is 2.58. The molecule has 4 rings (SSSR count). The molecule has 4 heteroatoms. The van der Waals surface area contributed by atoms with Gasteiger partial charge >= 0.3 is 0 Å². The third-order valence-corrected chi connectivity index (χ3v) is 6.06. The first-order valence-electron chi connectivity index (χ1n) is 9.12. The van der Waals surface area contributed by atoms with Gasteiger partial charge < -0.3 is 10.2 Å². The van der Waals surface area contributed by atoms with Crippen molar-refractivity contribution in [2.75, 3.05) is 26.7 Å². The van der Waals surface area contributed by atoms with Crippen molar-refractivity contribution in [1.82, 2.24) is 10.2 Å². The van der Waals surface area contributed by atoms with Crippen molar-refractivity contribution in [2.45, 2.75) is 25.7 Å². The fourth-order valence-electron chi connectivity index (χ4n) is 4.35. The molecule has 0 radical (unpaired) electrons. The third kappa shape index (κ3) is 3.54. The Kier molecular flexibility index (Phi) is 5.35. The maximum atomic E-state index is 12.8. The van der Waals surface area contributed by atoms with Crippen molar-refractivity contribution < 1.29 is 4.79 Å². The molecule has 25 heavy (non-hydrogen) atoms. The maximum absolute atomic E-state index is 12.8. The largest absolute Gasteiger partial charge is 0.345 e. The highest BCUT2D eigenvalue weighted by molar-refractivity contribution is 5.86. The molecule has 1 aliphatic carbocycles. The van der Waals surface area contributed by atoms with Crippen LogP contribution in [0.1, 0.15) is 24.8 Å². The zero-order valence-electron chi connectivity index (χ0n) is 14.8. The van der Waals surface area contributed by atoms with E-state index in [0.29, 0.717) is 11.3 Å². The van der Waals surface area contributed by atoms with Crippen LogP contribution in [-0.2, 0) is 11.2 Å². The first-order valence-corrected chi connectivity index (χ1v) is 9.12. The second-order valence-corrected chi connectivity index (χ2v) is 7.52. The fourth-order valence-corrected chi connectivity index (χ4v) is 4.35. The Hall–Kier alpha value is -1.58. The lowest BCUT2D eigenvalue weighted by atomic mass is 9.91. The van der Waals surface area contributed by atoms with Crippen molar-refractivity contribution in [3.05, 3.63) is 48.0 Å². The van der Waals surface area contributed by atoms with Crippen LogP contribution < -0.4 is 5.32 Å². The molecular weight excluding hydrogens is 332 g/mol. The minimum Gasteiger partial charge on any atom is -0.345 e. The number of carbonyl (C=O) groups excluding carboxylic acids is 1. The summed E-state index contributed by atoms with van der Waals surface area (Å²) >= 11 is 0. The van der Waals surface area contributed by atoms with E-state index in [1.807, 2.05) is 11.9 Å². The molecule has 2 aliphatic rings. The molecule has 1 unspecified atom stereocenters. The van der Waals surface area contributed by atoms with Crippen LogP contribution in [0.15, 0.2) is 42.5 Å². The first-order chi connectivity index (χ1) is 11.7. The van der Waals surface area contributed by atoms with E-state index in [1.54, 1.807) is 0 Å². The van der Waals surface area contributed by atoms with Crippen molar-refractivity contribution in [1.29, 1.82) is 0 Å². The van der Waals surface area contributed by atoms with Gasteiger partial charge in [0, 0.05) is 19.5 Å². The SMILES string of the molecule is CN(CCc1cccc2ccccc12)C(=O)C1CC12CCNCC2.Cl. The summed E-state index contributed by atoms with van der Waals surface area (Å²) in [4.78, 5) is 14.7.